The van der Waals surface area contributed by atoms with Crippen LogP contribution in [0.3, 0.4) is 0 Å². The van der Waals surface area contributed by atoms with Gasteiger partial charge in [0.05, 0.1) is 7.11 Å². The lowest BCUT2D eigenvalue weighted by Gasteiger charge is -2.03. The summed E-state index contributed by atoms with van der Waals surface area (Å²) in [5.41, 5.74) is 10.5. The van der Waals surface area contributed by atoms with Crippen LogP contribution in [0.1, 0.15) is 125 Å². The van der Waals surface area contributed by atoms with Gasteiger partial charge in [-0.15, -0.1) is 0 Å². The molecule has 0 saturated carbocycles. The summed E-state index contributed by atoms with van der Waals surface area (Å²) in [6.07, 6.45) is 7.97. The van der Waals surface area contributed by atoms with Gasteiger partial charge in [0.2, 0.25) is 0 Å². The molecule has 294 valence electrons. The van der Waals surface area contributed by atoms with E-state index in [2.05, 4.69) is 199 Å². The first-order valence-corrected chi connectivity index (χ1v) is 20.4. The van der Waals surface area contributed by atoms with E-state index in [-0.39, 0.29) is 0 Å². The Labute approximate surface area is 333 Å². The Hall–Kier alpha value is -4.36. The van der Waals surface area contributed by atoms with E-state index >= 15 is 0 Å². The number of hydrogen-bond acceptors (Lipinski definition) is 1. The first kappa shape index (κ1) is 49.6. The van der Waals surface area contributed by atoms with Crippen molar-refractivity contribution in [2.75, 3.05) is 7.11 Å². The van der Waals surface area contributed by atoms with Gasteiger partial charge in [0.25, 0.3) is 0 Å². The van der Waals surface area contributed by atoms with Gasteiger partial charge < -0.3 is 4.74 Å². The van der Waals surface area contributed by atoms with Crippen LogP contribution in [0.25, 0.3) is 21.5 Å². The second-order valence-electron chi connectivity index (χ2n) is 14.3. The molecule has 0 aromatic heterocycles. The van der Waals surface area contributed by atoms with Crippen molar-refractivity contribution in [3.05, 3.63) is 160 Å². The van der Waals surface area contributed by atoms with Gasteiger partial charge in [-0.3, -0.25) is 0 Å². The summed E-state index contributed by atoms with van der Waals surface area (Å²) in [5, 5.41) is 5.41. The number of rotatable bonds is 4. The SMILES string of the molecule is CCC.CCCC.CCCCC.COc1cc(C)ccc1C.Cc1ccc(C)c2ccccc12.Cc1ccc(C)cc1.Cc1ccc2cc(C)ccc2c1. The van der Waals surface area contributed by atoms with Gasteiger partial charge in [0, 0.05) is 0 Å². The fraction of sp³-hybridized carbons (Fsp3) is 0.396. The first-order chi connectivity index (χ1) is 25.8. The van der Waals surface area contributed by atoms with Gasteiger partial charge >= 0.3 is 0 Å². The highest BCUT2D eigenvalue weighted by molar-refractivity contribution is 5.88. The third-order valence-corrected chi connectivity index (χ3v) is 8.50. The molecule has 0 aliphatic heterocycles. The van der Waals surface area contributed by atoms with E-state index in [0.717, 1.165) is 5.75 Å². The molecule has 0 bridgehead atoms. The molecule has 0 aliphatic carbocycles. The molecule has 6 aromatic carbocycles. The zero-order valence-corrected chi connectivity index (χ0v) is 37.1. The minimum atomic E-state index is 0.972. The van der Waals surface area contributed by atoms with Crippen molar-refractivity contribution in [1.29, 1.82) is 0 Å². The fourth-order valence-electron chi connectivity index (χ4n) is 5.00. The van der Waals surface area contributed by atoms with E-state index < -0.39 is 0 Å². The van der Waals surface area contributed by atoms with Crippen molar-refractivity contribution in [3.63, 3.8) is 0 Å². The molecule has 1 heteroatoms. The summed E-state index contributed by atoms with van der Waals surface area (Å²) in [7, 11) is 1.70. The molecule has 0 amide bonds. The molecule has 0 aliphatic rings. The summed E-state index contributed by atoms with van der Waals surface area (Å²) in [4.78, 5) is 0. The molecule has 6 aromatic rings. The average Bonchev–Trinajstić information content (AvgIpc) is 3.17. The predicted octanol–water partition coefficient (Wildman–Crippen LogP) is 16.9. The molecular formula is C53H76O. The number of fused-ring (bicyclic) bond motifs is 2. The minimum Gasteiger partial charge on any atom is -0.496 e. The van der Waals surface area contributed by atoms with E-state index in [1.54, 1.807) is 7.11 Å². The second kappa shape index (κ2) is 30.0. The monoisotopic (exact) mass is 729 g/mol. The van der Waals surface area contributed by atoms with Crippen LogP contribution in [0.4, 0.5) is 0 Å². The van der Waals surface area contributed by atoms with E-state index in [1.807, 2.05) is 13.0 Å². The van der Waals surface area contributed by atoms with Gasteiger partial charge in [0.1, 0.15) is 5.75 Å². The smallest absolute Gasteiger partial charge is 0.122 e. The number of ether oxygens (including phenoxy) is 1. The highest BCUT2D eigenvalue weighted by atomic mass is 16.5. The third-order valence-electron chi connectivity index (χ3n) is 8.50. The van der Waals surface area contributed by atoms with E-state index in [9.17, 15) is 0 Å². The van der Waals surface area contributed by atoms with Gasteiger partial charge in [-0.1, -0.05) is 212 Å². The maximum atomic E-state index is 5.13. The number of aryl methyl sites for hydroxylation is 8. The first-order valence-electron chi connectivity index (χ1n) is 20.4. The Balaban J connectivity index is 0.000000637. The van der Waals surface area contributed by atoms with Crippen LogP contribution in [0.15, 0.2) is 115 Å². The largest absolute Gasteiger partial charge is 0.496 e. The number of benzene rings is 6. The Bertz CT molecular complexity index is 1720. The summed E-state index contributed by atoms with van der Waals surface area (Å²) in [5.74, 6) is 0.972. The standard InChI is InChI=1S/2C12H12.C9H12O.C8H10.C5H12.C4H10.C3H8/c1-9-3-5-12-8-10(2)4-6-11(12)7-9;1-9-7-8-10(2)12-6-4-3-5-11(9)12;1-7-4-5-8(2)9(6-7)10-3;1-7-3-5-8(2)6-4-7;1-3-5-4-2;1-3-4-2;1-3-2/h2*3-8H,1-2H3;4-6H,1-3H3;3-6H,1-2H3;3-5H2,1-2H3;3-4H2,1-2H3;3H2,1-2H3. The van der Waals surface area contributed by atoms with Crippen molar-refractivity contribution < 1.29 is 4.74 Å². The molecule has 0 N–H and O–H groups in total. The fourth-order valence-corrected chi connectivity index (χ4v) is 5.00. The predicted molar refractivity (Wildman–Crippen MR) is 247 cm³/mol. The Morgan fingerprint density at radius 2 is 0.704 bits per heavy atom. The van der Waals surface area contributed by atoms with Crippen LogP contribution >= 0.6 is 0 Å². The van der Waals surface area contributed by atoms with E-state index in [0.29, 0.717) is 0 Å². The highest BCUT2D eigenvalue weighted by Gasteiger charge is 1.98. The highest BCUT2D eigenvalue weighted by Crippen LogP contribution is 2.21. The number of hydrogen-bond donors (Lipinski definition) is 0. The van der Waals surface area contributed by atoms with Crippen LogP contribution in [0.2, 0.25) is 0 Å². The molecule has 6 rings (SSSR count). The summed E-state index contributed by atoms with van der Waals surface area (Å²) in [6, 6.07) is 40.7. The summed E-state index contributed by atoms with van der Waals surface area (Å²) >= 11 is 0. The maximum absolute atomic E-state index is 5.13. The van der Waals surface area contributed by atoms with Crippen LogP contribution in [0.5, 0.6) is 5.75 Å². The van der Waals surface area contributed by atoms with Crippen molar-refractivity contribution in [3.8, 4) is 5.75 Å². The lowest BCUT2D eigenvalue weighted by Crippen LogP contribution is -1.86. The molecule has 0 unspecified atom stereocenters. The second-order valence-corrected chi connectivity index (χ2v) is 14.3. The molecule has 0 fully saturated rings. The van der Waals surface area contributed by atoms with E-state index in [4.69, 9.17) is 4.74 Å². The number of unbranched alkanes of at least 4 members (excludes halogenated alkanes) is 3. The van der Waals surface area contributed by atoms with Gasteiger partial charge in [0.15, 0.2) is 0 Å². The lowest BCUT2D eigenvalue weighted by atomic mass is 10.0. The van der Waals surface area contributed by atoms with Crippen molar-refractivity contribution in [2.45, 2.75) is 135 Å². The maximum Gasteiger partial charge on any atom is 0.122 e. The molecular weight excluding hydrogens is 653 g/mol. The van der Waals surface area contributed by atoms with Gasteiger partial charge in [-0.2, -0.15) is 0 Å². The Kier molecular flexibility index (Phi) is 27.6. The summed E-state index contributed by atoms with van der Waals surface area (Å²) in [6.45, 7) is 29.9. The van der Waals surface area contributed by atoms with Crippen molar-refractivity contribution >= 4 is 21.5 Å². The average molecular weight is 729 g/mol. The molecule has 0 saturated heterocycles. The zero-order chi connectivity index (χ0) is 40.9. The zero-order valence-electron chi connectivity index (χ0n) is 37.1. The van der Waals surface area contributed by atoms with Gasteiger partial charge in [-0.25, -0.2) is 0 Å². The summed E-state index contributed by atoms with van der Waals surface area (Å²) < 4.78 is 5.13. The van der Waals surface area contributed by atoms with Crippen LogP contribution in [-0.4, -0.2) is 7.11 Å². The van der Waals surface area contributed by atoms with E-state index in [1.165, 1.54) is 105 Å². The van der Waals surface area contributed by atoms with Crippen LogP contribution in [0, 0.1) is 55.4 Å². The van der Waals surface area contributed by atoms with Crippen molar-refractivity contribution in [1.82, 2.24) is 0 Å². The molecule has 54 heavy (non-hydrogen) atoms. The molecule has 0 atom stereocenters. The van der Waals surface area contributed by atoms with Crippen LogP contribution in [-0.2, 0) is 0 Å². The Morgan fingerprint density at radius 1 is 0.370 bits per heavy atom. The quantitative estimate of drug-likeness (QED) is 0.176. The topological polar surface area (TPSA) is 9.23 Å². The van der Waals surface area contributed by atoms with Crippen molar-refractivity contribution in [2.24, 2.45) is 0 Å². The Morgan fingerprint density at radius 3 is 1.02 bits per heavy atom. The normalized spacial score (nSPS) is 9.46. The number of methoxy groups -OCH3 is 1. The van der Waals surface area contributed by atoms with Gasteiger partial charge in [-0.05, 0) is 105 Å². The van der Waals surface area contributed by atoms with Crippen LogP contribution < -0.4 is 4.74 Å². The lowest BCUT2D eigenvalue weighted by molar-refractivity contribution is 0.411. The molecule has 1 nitrogen and oxygen atoms in total. The minimum absolute atomic E-state index is 0.972. The molecule has 0 spiro atoms. The molecule has 0 heterocycles. The molecule has 0 radical (unpaired) electrons. The third kappa shape index (κ3) is 21.4.